The molecule has 0 amide bonds. The predicted octanol–water partition coefficient (Wildman–Crippen LogP) is 2.90. The summed E-state index contributed by atoms with van der Waals surface area (Å²) in [5, 5.41) is 0. The summed E-state index contributed by atoms with van der Waals surface area (Å²) in [5.74, 6) is -0.226. The second kappa shape index (κ2) is 7.14. The van der Waals surface area contributed by atoms with Crippen LogP contribution in [0.4, 0.5) is 13.2 Å². The third-order valence-corrected chi connectivity index (χ3v) is 7.17. The fourth-order valence-electron chi connectivity index (χ4n) is 3.46. The van der Waals surface area contributed by atoms with Crippen LogP contribution in [-0.4, -0.2) is 33.1 Å². The first kappa shape index (κ1) is 22.5. The molecule has 2 N–H and O–H groups in total. The Labute approximate surface area is 181 Å². The Bertz CT molecular complexity index is 1380. The second-order valence-electron chi connectivity index (χ2n) is 8.46. The highest BCUT2D eigenvalue weighted by atomic mass is 32.2. The van der Waals surface area contributed by atoms with E-state index >= 15 is 0 Å². The molecule has 4 rings (SSSR count). The molecule has 1 aliphatic rings. The lowest BCUT2D eigenvalue weighted by molar-refractivity contribution is -0.144. The first-order valence-electron chi connectivity index (χ1n) is 9.98. The van der Waals surface area contributed by atoms with E-state index in [1.54, 1.807) is 13.8 Å². The number of imidazole rings is 1. The number of pyridine rings is 1. The molecule has 3 heterocycles. The van der Waals surface area contributed by atoms with Gasteiger partial charge in [0.2, 0.25) is 0 Å². The van der Waals surface area contributed by atoms with Gasteiger partial charge in [0.15, 0.2) is 9.84 Å². The first-order chi connectivity index (χ1) is 14.7. The van der Waals surface area contributed by atoms with Crippen LogP contribution < -0.4 is 11.4 Å². The zero-order valence-corrected chi connectivity index (χ0v) is 18.5. The standard InChI is InChI=1S/C20H22F3N5O3S/c1-4-32(30,31)14-7-11(19(2,3)24)9-25-17(14)13-10-27-16(26-13)8-15(20(21,22)23)28(18(27)29)12-5-6-12/h7-10,12H,4-6,24H2,1-3H3. The summed E-state index contributed by atoms with van der Waals surface area (Å²) in [5.41, 5.74) is 3.42. The monoisotopic (exact) mass is 469 g/mol. The average Bonchev–Trinajstić information content (AvgIpc) is 3.43. The van der Waals surface area contributed by atoms with Crippen LogP contribution in [0.25, 0.3) is 17.0 Å². The maximum atomic E-state index is 13.6. The molecule has 0 unspecified atom stereocenters. The van der Waals surface area contributed by atoms with Gasteiger partial charge in [0.25, 0.3) is 0 Å². The fourth-order valence-corrected chi connectivity index (χ4v) is 4.53. The maximum Gasteiger partial charge on any atom is 0.431 e. The minimum atomic E-state index is -4.74. The van der Waals surface area contributed by atoms with Crippen molar-refractivity contribution < 1.29 is 21.6 Å². The number of aromatic nitrogens is 4. The molecular weight excluding hydrogens is 447 g/mol. The minimum absolute atomic E-state index is 0.0165. The smallest absolute Gasteiger partial charge is 0.322 e. The number of rotatable bonds is 5. The summed E-state index contributed by atoms with van der Waals surface area (Å²) in [6, 6.07) is 1.68. The summed E-state index contributed by atoms with van der Waals surface area (Å²) < 4.78 is 68.0. The number of hydrogen-bond donors (Lipinski definition) is 1. The number of halogens is 3. The SMILES string of the molecule is CCS(=O)(=O)c1cc(C(C)(C)N)cnc1-c1cn2c(=O)n(C3CC3)c(C(F)(F)F)cc2n1. The largest absolute Gasteiger partial charge is 0.431 e. The van der Waals surface area contributed by atoms with Crippen molar-refractivity contribution in [3.8, 4) is 11.4 Å². The Kier molecular flexibility index (Phi) is 5.01. The lowest BCUT2D eigenvalue weighted by atomic mass is 9.97. The molecule has 0 spiro atoms. The van der Waals surface area contributed by atoms with E-state index in [0.29, 0.717) is 18.4 Å². The Morgan fingerprint density at radius 1 is 1.22 bits per heavy atom. The van der Waals surface area contributed by atoms with Crippen molar-refractivity contribution in [1.82, 2.24) is 18.9 Å². The van der Waals surface area contributed by atoms with Crippen LogP contribution in [0.15, 0.2) is 34.2 Å². The van der Waals surface area contributed by atoms with Gasteiger partial charge in [-0.15, -0.1) is 0 Å². The van der Waals surface area contributed by atoms with Crippen molar-refractivity contribution in [1.29, 1.82) is 0 Å². The van der Waals surface area contributed by atoms with Gasteiger partial charge in [0.1, 0.15) is 22.7 Å². The average molecular weight is 469 g/mol. The van der Waals surface area contributed by atoms with Gasteiger partial charge in [-0.2, -0.15) is 13.2 Å². The molecule has 0 radical (unpaired) electrons. The van der Waals surface area contributed by atoms with E-state index in [-0.39, 0.29) is 27.7 Å². The highest BCUT2D eigenvalue weighted by Gasteiger charge is 2.40. The maximum absolute atomic E-state index is 13.6. The quantitative estimate of drug-likeness (QED) is 0.615. The van der Waals surface area contributed by atoms with Gasteiger partial charge >= 0.3 is 11.9 Å². The fraction of sp³-hybridized carbons (Fsp3) is 0.450. The molecule has 3 aromatic heterocycles. The van der Waals surface area contributed by atoms with Crippen molar-refractivity contribution >= 4 is 15.5 Å². The Morgan fingerprint density at radius 3 is 2.41 bits per heavy atom. The molecule has 1 aliphatic carbocycles. The van der Waals surface area contributed by atoms with Crippen molar-refractivity contribution in [2.45, 2.75) is 56.3 Å². The summed E-state index contributed by atoms with van der Waals surface area (Å²) in [6.45, 7) is 4.85. The van der Waals surface area contributed by atoms with Crippen molar-refractivity contribution in [2.24, 2.45) is 5.73 Å². The summed E-state index contributed by atoms with van der Waals surface area (Å²) in [7, 11) is -3.78. The van der Waals surface area contributed by atoms with Gasteiger partial charge in [-0.05, 0) is 38.3 Å². The highest BCUT2D eigenvalue weighted by molar-refractivity contribution is 7.91. The Morgan fingerprint density at radius 2 is 1.88 bits per heavy atom. The van der Waals surface area contributed by atoms with E-state index in [9.17, 15) is 26.4 Å². The van der Waals surface area contributed by atoms with Gasteiger partial charge in [-0.3, -0.25) is 14.0 Å². The van der Waals surface area contributed by atoms with Crippen LogP contribution in [-0.2, 0) is 21.6 Å². The summed E-state index contributed by atoms with van der Waals surface area (Å²) >= 11 is 0. The van der Waals surface area contributed by atoms with Gasteiger partial charge in [-0.25, -0.2) is 18.2 Å². The van der Waals surface area contributed by atoms with Gasteiger partial charge in [-0.1, -0.05) is 6.92 Å². The number of alkyl halides is 3. The molecule has 1 fully saturated rings. The number of nitrogens with zero attached hydrogens (tertiary/aromatic N) is 4. The van der Waals surface area contributed by atoms with E-state index in [0.717, 1.165) is 15.0 Å². The molecule has 32 heavy (non-hydrogen) atoms. The van der Waals surface area contributed by atoms with Gasteiger partial charge < -0.3 is 5.73 Å². The summed E-state index contributed by atoms with van der Waals surface area (Å²) in [4.78, 5) is 21.1. The van der Waals surface area contributed by atoms with Gasteiger partial charge in [0.05, 0.1) is 10.6 Å². The normalized spacial score (nSPS) is 15.5. The molecule has 3 aromatic rings. The molecule has 0 bridgehead atoms. The van der Waals surface area contributed by atoms with E-state index in [1.807, 2.05) is 0 Å². The lowest BCUT2D eigenvalue weighted by Crippen LogP contribution is -2.31. The molecular formula is C20H22F3N5O3S. The zero-order chi connectivity index (χ0) is 23.6. The van der Waals surface area contributed by atoms with Crippen LogP contribution in [0.2, 0.25) is 0 Å². The number of fused-ring (bicyclic) bond motifs is 1. The predicted molar refractivity (Wildman–Crippen MR) is 111 cm³/mol. The molecule has 0 atom stereocenters. The second-order valence-corrected chi connectivity index (χ2v) is 10.7. The van der Waals surface area contributed by atoms with E-state index < -0.39 is 39.0 Å². The van der Waals surface area contributed by atoms with Crippen LogP contribution in [0, 0.1) is 0 Å². The topological polar surface area (TPSA) is 112 Å². The van der Waals surface area contributed by atoms with Crippen LogP contribution in [0.3, 0.4) is 0 Å². The number of hydrogen-bond acceptors (Lipinski definition) is 6. The first-order valence-corrected chi connectivity index (χ1v) is 11.6. The number of nitrogens with two attached hydrogens (primary N) is 1. The Balaban J connectivity index is 1.99. The molecule has 0 aromatic carbocycles. The van der Waals surface area contributed by atoms with Crippen molar-refractivity contribution in [3.63, 3.8) is 0 Å². The zero-order valence-electron chi connectivity index (χ0n) is 17.6. The number of sulfone groups is 1. The molecule has 12 heteroatoms. The third-order valence-electron chi connectivity index (χ3n) is 5.43. The molecule has 8 nitrogen and oxygen atoms in total. The summed E-state index contributed by atoms with van der Waals surface area (Å²) in [6.07, 6.45) is -1.16. The molecule has 172 valence electrons. The molecule has 0 aliphatic heterocycles. The molecule has 0 saturated heterocycles. The van der Waals surface area contributed by atoms with Crippen LogP contribution in [0.5, 0.6) is 0 Å². The third kappa shape index (κ3) is 3.81. The van der Waals surface area contributed by atoms with E-state index in [2.05, 4.69) is 9.97 Å². The van der Waals surface area contributed by atoms with E-state index in [4.69, 9.17) is 5.73 Å². The van der Waals surface area contributed by atoms with Crippen LogP contribution >= 0.6 is 0 Å². The Hall–Kier alpha value is -2.73. The van der Waals surface area contributed by atoms with Crippen molar-refractivity contribution in [2.75, 3.05) is 5.75 Å². The van der Waals surface area contributed by atoms with E-state index in [1.165, 1.54) is 25.4 Å². The molecule has 1 saturated carbocycles. The van der Waals surface area contributed by atoms with Gasteiger partial charge in [0, 0.05) is 30.0 Å². The minimum Gasteiger partial charge on any atom is -0.322 e. The highest BCUT2D eigenvalue weighted by Crippen LogP contribution is 2.39. The lowest BCUT2D eigenvalue weighted by Gasteiger charge is -2.20. The van der Waals surface area contributed by atoms with Crippen LogP contribution in [0.1, 0.15) is 50.9 Å². The van der Waals surface area contributed by atoms with Crippen molar-refractivity contribution in [3.05, 3.63) is 46.3 Å².